The van der Waals surface area contributed by atoms with Crippen LogP contribution in [-0.2, 0) is 0 Å². The van der Waals surface area contributed by atoms with Gasteiger partial charge in [-0.1, -0.05) is 115 Å². The molecule has 6 aromatic carbocycles. The average Bonchev–Trinajstić information content (AvgIpc) is 3.44. The van der Waals surface area contributed by atoms with E-state index in [2.05, 4.69) is 157 Å². The summed E-state index contributed by atoms with van der Waals surface area (Å²) < 4.78 is 2.45. The largest absolute Gasteiger partial charge is 0.309 e. The number of thiophene rings is 1. The highest BCUT2D eigenvalue weighted by molar-refractivity contribution is 7.25. The topological polar surface area (TPSA) is 16.1 Å². The molecule has 2 heterocycles. The van der Waals surface area contributed by atoms with Gasteiger partial charge < -0.3 is 4.90 Å². The van der Waals surface area contributed by atoms with E-state index in [-0.39, 0.29) is 0 Å². The Labute approximate surface area is 248 Å². The zero-order chi connectivity index (χ0) is 27.9. The molecule has 3 heteroatoms. The molecule has 42 heavy (non-hydrogen) atoms. The van der Waals surface area contributed by atoms with Crippen LogP contribution in [0.2, 0.25) is 0 Å². The maximum absolute atomic E-state index is 4.97. The fourth-order valence-corrected chi connectivity index (χ4v) is 6.95. The Kier molecular flexibility index (Phi) is 6.02. The first-order valence-electron chi connectivity index (χ1n) is 14.1. The molecule has 0 amide bonds. The molecule has 2 aromatic heterocycles. The lowest BCUT2D eigenvalue weighted by Gasteiger charge is -2.25. The number of hydrogen-bond donors (Lipinski definition) is 0. The van der Waals surface area contributed by atoms with Gasteiger partial charge in [-0.2, -0.15) is 0 Å². The highest BCUT2D eigenvalue weighted by Gasteiger charge is 2.16. The van der Waals surface area contributed by atoms with Crippen molar-refractivity contribution >= 4 is 59.5 Å². The van der Waals surface area contributed by atoms with Gasteiger partial charge in [0.25, 0.3) is 0 Å². The third-order valence-corrected chi connectivity index (χ3v) is 9.02. The molecule has 0 saturated heterocycles. The second-order valence-corrected chi connectivity index (χ2v) is 11.5. The van der Waals surface area contributed by atoms with E-state index in [4.69, 9.17) is 4.98 Å². The van der Waals surface area contributed by atoms with E-state index in [0.717, 1.165) is 22.6 Å². The molecule has 0 aliphatic rings. The van der Waals surface area contributed by atoms with Gasteiger partial charge in [0.2, 0.25) is 0 Å². The standard InChI is InChI=1S/C39H26N2S/c1-2-9-27(10-3-1)28-17-21-31(22-18-28)41(33-25-38-39(40-26-33)36-14-6-7-16-37(36)42-38)32-23-19-30(20-24-32)35-15-8-12-29-11-4-5-13-34(29)35/h1-26H. The first-order chi connectivity index (χ1) is 20.8. The van der Waals surface area contributed by atoms with E-state index in [9.17, 15) is 0 Å². The van der Waals surface area contributed by atoms with Crippen molar-refractivity contribution in [3.05, 3.63) is 158 Å². The van der Waals surface area contributed by atoms with Crippen LogP contribution < -0.4 is 4.90 Å². The lowest BCUT2D eigenvalue weighted by Crippen LogP contribution is -2.10. The lowest BCUT2D eigenvalue weighted by molar-refractivity contribution is 1.26. The van der Waals surface area contributed by atoms with Gasteiger partial charge in [-0.25, -0.2) is 0 Å². The zero-order valence-electron chi connectivity index (χ0n) is 22.8. The lowest BCUT2D eigenvalue weighted by atomic mass is 9.98. The molecule has 0 N–H and O–H groups in total. The van der Waals surface area contributed by atoms with Crippen LogP contribution in [0, 0.1) is 0 Å². The van der Waals surface area contributed by atoms with E-state index in [1.807, 2.05) is 6.20 Å². The van der Waals surface area contributed by atoms with Gasteiger partial charge in [0.1, 0.15) is 0 Å². The molecule has 0 saturated carbocycles. The van der Waals surface area contributed by atoms with Crippen molar-refractivity contribution < 1.29 is 0 Å². The van der Waals surface area contributed by atoms with E-state index < -0.39 is 0 Å². The summed E-state index contributed by atoms with van der Waals surface area (Å²) in [5, 5.41) is 3.73. The summed E-state index contributed by atoms with van der Waals surface area (Å²) in [4.78, 5) is 7.28. The summed E-state index contributed by atoms with van der Waals surface area (Å²) >= 11 is 1.79. The highest BCUT2D eigenvalue weighted by Crippen LogP contribution is 2.40. The molecule has 0 fully saturated rings. The van der Waals surface area contributed by atoms with Crippen LogP contribution in [0.1, 0.15) is 0 Å². The number of aromatic nitrogens is 1. The van der Waals surface area contributed by atoms with E-state index in [1.54, 1.807) is 11.3 Å². The van der Waals surface area contributed by atoms with E-state index in [0.29, 0.717) is 0 Å². The van der Waals surface area contributed by atoms with Crippen LogP contribution in [0.3, 0.4) is 0 Å². The van der Waals surface area contributed by atoms with Gasteiger partial charge in [-0.15, -0.1) is 11.3 Å². The van der Waals surface area contributed by atoms with Crippen molar-refractivity contribution in [2.24, 2.45) is 0 Å². The smallest absolute Gasteiger partial charge is 0.0890 e. The van der Waals surface area contributed by atoms with Crippen LogP contribution in [0.4, 0.5) is 17.1 Å². The number of benzene rings is 6. The third-order valence-electron chi connectivity index (χ3n) is 7.92. The number of anilines is 3. The summed E-state index contributed by atoms with van der Waals surface area (Å²) in [5.41, 5.74) is 9.14. The van der Waals surface area contributed by atoms with Crippen molar-refractivity contribution in [2.45, 2.75) is 0 Å². The Bertz CT molecular complexity index is 2170. The van der Waals surface area contributed by atoms with Crippen LogP contribution in [0.15, 0.2) is 158 Å². The quantitative estimate of drug-likeness (QED) is 0.210. The molecule has 8 rings (SSSR count). The molecule has 0 radical (unpaired) electrons. The molecule has 0 atom stereocenters. The number of rotatable bonds is 5. The molecular formula is C39H26N2S. The van der Waals surface area contributed by atoms with Crippen LogP contribution >= 0.6 is 11.3 Å². The SMILES string of the molecule is c1ccc(-c2ccc(N(c3ccc(-c4cccc5ccccc45)cc3)c3cnc4c(c3)sc3ccccc34)cc2)cc1. The van der Waals surface area contributed by atoms with E-state index in [1.165, 1.54) is 47.8 Å². The fraction of sp³-hybridized carbons (Fsp3) is 0. The van der Waals surface area contributed by atoms with Crippen molar-refractivity contribution in [1.29, 1.82) is 0 Å². The first kappa shape index (κ1) is 24.5. The first-order valence-corrected chi connectivity index (χ1v) is 14.9. The van der Waals surface area contributed by atoms with Gasteiger partial charge in [0.15, 0.2) is 0 Å². The molecule has 0 aliphatic heterocycles. The number of pyridine rings is 1. The van der Waals surface area contributed by atoms with Crippen molar-refractivity contribution in [3.63, 3.8) is 0 Å². The van der Waals surface area contributed by atoms with Crippen LogP contribution in [0.25, 0.3) is 53.3 Å². The molecule has 0 aliphatic carbocycles. The minimum absolute atomic E-state index is 1.04. The average molecular weight is 555 g/mol. The summed E-state index contributed by atoms with van der Waals surface area (Å²) in [5.74, 6) is 0. The fourth-order valence-electron chi connectivity index (χ4n) is 5.85. The molecule has 8 aromatic rings. The Balaban J connectivity index is 1.24. The molecule has 0 bridgehead atoms. The number of fused-ring (bicyclic) bond motifs is 4. The van der Waals surface area contributed by atoms with Crippen LogP contribution in [-0.4, -0.2) is 4.98 Å². The predicted molar refractivity (Wildman–Crippen MR) is 180 cm³/mol. The third kappa shape index (κ3) is 4.32. The van der Waals surface area contributed by atoms with Crippen molar-refractivity contribution in [1.82, 2.24) is 4.98 Å². The minimum Gasteiger partial charge on any atom is -0.309 e. The molecule has 0 spiro atoms. The van der Waals surface area contributed by atoms with Crippen molar-refractivity contribution in [2.75, 3.05) is 4.90 Å². The highest BCUT2D eigenvalue weighted by atomic mass is 32.1. The molecule has 198 valence electrons. The summed E-state index contributed by atoms with van der Waals surface area (Å²) in [7, 11) is 0. The second-order valence-electron chi connectivity index (χ2n) is 10.5. The maximum Gasteiger partial charge on any atom is 0.0890 e. The van der Waals surface area contributed by atoms with Gasteiger partial charge in [0.05, 0.1) is 22.1 Å². The zero-order valence-corrected chi connectivity index (χ0v) is 23.6. The van der Waals surface area contributed by atoms with Gasteiger partial charge in [-0.3, -0.25) is 4.98 Å². The Morgan fingerprint density at radius 3 is 1.86 bits per heavy atom. The Morgan fingerprint density at radius 2 is 1.07 bits per heavy atom. The van der Waals surface area contributed by atoms with Gasteiger partial charge >= 0.3 is 0 Å². The molecular weight excluding hydrogens is 529 g/mol. The minimum atomic E-state index is 1.04. The van der Waals surface area contributed by atoms with Crippen LogP contribution in [0.5, 0.6) is 0 Å². The maximum atomic E-state index is 4.97. The monoisotopic (exact) mass is 554 g/mol. The molecule has 0 unspecified atom stereocenters. The summed E-state index contributed by atoms with van der Waals surface area (Å²) in [6.45, 7) is 0. The summed E-state index contributed by atoms with van der Waals surface area (Å²) in [6.07, 6.45) is 2.01. The predicted octanol–water partition coefficient (Wildman–Crippen LogP) is 11.4. The van der Waals surface area contributed by atoms with E-state index >= 15 is 0 Å². The van der Waals surface area contributed by atoms with Gasteiger partial charge in [-0.05, 0) is 69.4 Å². The number of nitrogens with zero attached hydrogens (tertiary/aromatic N) is 2. The normalized spacial score (nSPS) is 11.3. The Morgan fingerprint density at radius 1 is 0.452 bits per heavy atom. The summed E-state index contributed by atoms with van der Waals surface area (Å²) in [6, 6.07) is 54.1. The van der Waals surface area contributed by atoms with Gasteiger partial charge in [0, 0.05) is 21.5 Å². The Hall–Kier alpha value is -5.25. The van der Waals surface area contributed by atoms with Crippen molar-refractivity contribution in [3.8, 4) is 22.3 Å². The molecule has 2 nitrogen and oxygen atoms in total. The second kappa shape index (κ2) is 10.3. The number of hydrogen-bond acceptors (Lipinski definition) is 3.